The van der Waals surface area contributed by atoms with Crippen LogP contribution in [0.1, 0.15) is 158 Å². The van der Waals surface area contributed by atoms with Crippen LogP contribution < -0.4 is 0 Å². The summed E-state index contributed by atoms with van der Waals surface area (Å²) in [5.74, 6) is 0. The molecule has 7 heteroatoms. The third-order valence-electron chi connectivity index (χ3n) is 7.89. The van der Waals surface area contributed by atoms with Crippen LogP contribution in [0.15, 0.2) is 0 Å². The SMILES string of the molecule is CCCC[N+](CCCC)(CCCC)CCCC.CCCC[N+](CCCC)(CCCC)CCCC.[C-]#N.[C-]#N.[C-]#N.[C-]#N.[Ni]. The van der Waals surface area contributed by atoms with Gasteiger partial charge in [-0.3, -0.25) is 0 Å². The molecule has 0 rings (SSSR count). The monoisotopic (exact) mass is 647 g/mol. The molecule has 0 bridgehead atoms. The molecule has 0 aliphatic rings. The van der Waals surface area contributed by atoms with Crippen LogP contribution in [0.5, 0.6) is 0 Å². The average Bonchev–Trinajstić information content (AvgIpc) is 3.07. The number of rotatable bonds is 24. The summed E-state index contributed by atoms with van der Waals surface area (Å²) in [5, 5.41) is 25.0. The van der Waals surface area contributed by atoms with Gasteiger partial charge in [0.1, 0.15) is 0 Å². The predicted molar refractivity (Wildman–Crippen MR) is 179 cm³/mol. The van der Waals surface area contributed by atoms with E-state index in [0.29, 0.717) is 0 Å². The maximum Gasteiger partial charge on any atom is 0.0786 e. The Balaban J connectivity index is -0.0000000956. The second-order valence-electron chi connectivity index (χ2n) is 11.3. The molecule has 0 amide bonds. The van der Waals surface area contributed by atoms with Crippen LogP contribution in [-0.2, 0) is 16.5 Å². The van der Waals surface area contributed by atoms with Crippen LogP contribution in [0.2, 0.25) is 0 Å². The molecule has 0 aliphatic carbocycles. The maximum absolute atomic E-state index is 6.25. The van der Waals surface area contributed by atoms with Gasteiger partial charge in [-0.15, -0.1) is 0 Å². The minimum Gasteiger partial charge on any atom is -0.512 e. The fraction of sp³-hybridized carbons (Fsp3) is 0.889. The first-order valence-electron chi connectivity index (χ1n) is 17.1. The summed E-state index contributed by atoms with van der Waals surface area (Å²) in [7, 11) is 0. The molecule has 43 heavy (non-hydrogen) atoms. The normalized spacial score (nSPS) is 9.67. The largest absolute Gasteiger partial charge is 0.512 e. The first kappa shape index (κ1) is 57.1. The van der Waals surface area contributed by atoms with Crippen molar-refractivity contribution in [3.05, 3.63) is 26.3 Å². The molecule has 0 unspecified atom stereocenters. The molecule has 6 nitrogen and oxygen atoms in total. The van der Waals surface area contributed by atoms with Crippen LogP contribution >= 0.6 is 0 Å². The van der Waals surface area contributed by atoms with E-state index in [1.807, 2.05) is 0 Å². The van der Waals surface area contributed by atoms with Gasteiger partial charge in [-0.05, 0) is 51.4 Å². The summed E-state index contributed by atoms with van der Waals surface area (Å²) in [5.41, 5.74) is 0. The number of unbranched alkanes of at least 4 members (excludes halogenated alkanes) is 8. The van der Waals surface area contributed by atoms with Crippen LogP contribution in [0, 0.1) is 47.3 Å². The summed E-state index contributed by atoms with van der Waals surface area (Å²) in [6.07, 6.45) is 22.1. The second-order valence-corrected chi connectivity index (χ2v) is 11.3. The molecular weight excluding hydrogens is 575 g/mol. The van der Waals surface area contributed by atoms with Gasteiger partial charge in [0.25, 0.3) is 0 Å². The number of hydrogen-bond acceptors (Lipinski definition) is 4. The minimum absolute atomic E-state index is 0. The van der Waals surface area contributed by atoms with E-state index >= 15 is 0 Å². The Morgan fingerprint density at radius 1 is 0.279 bits per heavy atom. The van der Waals surface area contributed by atoms with Crippen LogP contribution in [-0.4, -0.2) is 61.3 Å². The Hall–Kier alpha value is -1.63. The Morgan fingerprint density at radius 3 is 0.442 bits per heavy atom. The van der Waals surface area contributed by atoms with Crippen molar-refractivity contribution >= 4 is 0 Å². The van der Waals surface area contributed by atoms with Crippen molar-refractivity contribution in [2.75, 3.05) is 52.4 Å². The molecule has 0 aliphatic heterocycles. The molecule has 0 spiro atoms. The van der Waals surface area contributed by atoms with E-state index in [0.717, 1.165) is 0 Å². The van der Waals surface area contributed by atoms with Crippen molar-refractivity contribution in [2.45, 2.75) is 158 Å². The molecule has 0 aromatic carbocycles. The van der Waals surface area contributed by atoms with Gasteiger partial charge in [0.2, 0.25) is 0 Å². The summed E-state index contributed by atoms with van der Waals surface area (Å²) >= 11 is 0. The Labute approximate surface area is 282 Å². The van der Waals surface area contributed by atoms with Crippen molar-refractivity contribution in [1.82, 2.24) is 0 Å². The van der Waals surface area contributed by atoms with Gasteiger partial charge in [-0.25, -0.2) is 0 Å². The first-order valence-corrected chi connectivity index (χ1v) is 17.1. The quantitative estimate of drug-likeness (QED) is 0.0592. The van der Waals surface area contributed by atoms with Crippen molar-refractivity contribution in [2.24, 2.45) is 0 Å². The molecule has 0 saturated carbocycles. The number of quaternary nitrogens is 2. The van der Waals surface area contributed by atoms with E-state index in [2.05, 4.69) is 55.4 Å². The van der Waals surface area contributed by atoms with Crippen molar-refractivity contribution in [3.63, 3.8) is 0 Å². The summed E-state index contributed by atoms with van der Waals surface area (Å²) in [4.78, 5) is 0. The third kappa shape index (κ3) is 40.4. The molecular formula is C36H72N6Ni-2. The smallest absolute Gasteiger partial charge is 0.0786 e. The third-order valence-corrected chi connectivity index (χ3v) is 7.89. The van der Waals surface area contributed by atoms with Gasteiger partial charge in [-0.1, -0.05) is 107 Å². The fourth-order valence-corrected chi connectivity index (χ4v) is 5.29. The number of nitrogens with zero attached hydrogens (tertiary/aromatic N) is 6. The molecule has 0 N–H and O–H groups in total. The van der Waals surface area contributed by atoms with Gasteiger partial charge < -0.3 is 56.3 Å². The summed E-state index contributed by atoms with van der Waals surface area (Å²) in [6.45, 7) is 49.0. The Morgan fingerprint density at radius 2 is 0.372 bits per heavy atom. The first-order chi connectivity index (χ1) is 20.5. The van der Waals surface area contributed by atoms with E-state index < -0.39 is 0 Å². The molecule has 258 valence electrons. The summed E-state index contributed by atoms with van der Waals surface area (Å²) in [6, 6.07) is 0. The van der Waals surface area contributed by atoms with E-state index in [1.165, 1.54) is 164 Å². The Bertz CT molecular complexity index is 410. The van der Waals surface area contributed by atoms with E-state index in [9.17, 15) is 0 Å². The average molecular weight is 648 g/mol. The topological polar surface area (TPSA) is 95.2 Å². The van der Waals surface area contributed by atoms with Gasteiger partial charge in [0.05, 0.1) is 52.4 Å². The van der Waals surface area contributed by atoms with Gasteiger partial charge in [0.15, 0.2) is 0 Å². The van der Waals surface area contributed by atoms with E-state index in [4.69, 9.17) is 47.3 Å². The molecule has 0 aromatic heterocycles. The van der Waals surface area contributed by atoms with Crippen LogP contribution in [0.4, 0.5) is 0 Å². The molecule has 0 aromatic rings. The van der Waals surface area contributed by atoms with Crippen LogP contribution in [0.25, 0.3) is 0 Å². The predicted octanol–water partition coefficient (Wildman–Crippen LogP) is 10.4. The zero-order chi connectivity index (χ0) is 34.0. The second kappa shape index (κ2) is 53.0. The number of hydrogen-bond donors (Lipinski definition) is 0. The zero-order valence-electron chi connectivity index (χ0n) is 30.0. The minimum atomic E-state index is 0. The summed E-state index contributed by atoms with van der Waals surface area (Å²) < 4.78 is 2.84. The molecule has 0 saturated heterocycles. The van der Waals surface area contributed by atoms with Gasteiger partial charge in [-0.2, -0.15) is 0 Å². The van der Waals surface area contributed by atoms with E-state index in [1.54, 1.807) is 0 Å². The van der Waals surface area contributed by atoms with Crippen molar-refractivity contribution < 1.29 is 25.5 Å². The Kier molecular flexibility index (Phi) is 70.3. The van der Waals surface area contributed by atoms with E-state index in [-0.39, 0.29) is 16.5 Å². The maximum atomic E-state index is 6.25. The molecule has 0 heterocycles. The molecule has 0 atom stereocenters. The fourth-order valence-electron chi connectivity index (χ4n) is 5.29. The standard InChI is InChI=1S/2C16H36N.4CN.Ni/c2*1-5-9-13-17(14-10-6-2,15-11-7-3)16-12-8-4;4*1-2;/h2*5-16H2,1-4H3;;;;;/q2*+1;4*-1;. The van der Waals surface area contributed by atoms with Crippen molar-refractivity contribution in [1.29, 1.82) is 21.0 Å². The van der Waals surface area contributed by atoms with Crippen molar-refractivity contribution in [3.8, 4) is 0 Å². The molecule has 0 radical (unpaired) electrons. The van der Waals surface area contributed by atoms with Gasteiger partial charge in [0, 0.05) is 16.5 Å². The zero-order valence-corrected chi connectivity index (χ0v) is 31.0. The molecule has 0 fully saturated rings. The van der Waals surface area contributed by atoms with Gasteiger partial charge >= 0.3 is 0 Å². The van der Waals surface area contributed by atoms with Crippen LogP contribution in [0.3, 0.4) is 0 Å².